The van der Waals surface area contributed by atoms with Crippen LogP contribution in [0.1, 0.15) is 33.1 Å². The zero-order valence-electron chi connectivity index (χ0n) is 10.5. The largest absolute Gasteiger partial charge is 0.366 e. The van der Waals surface area contributed by atoms with Crippen molar-refractivity contribution in [3.05, 3.63) is 12.4 Å². The molecule has 5 heteroatoms. The summed E-state index contributed by atoms with van der Waals surface area (Å²) in [5.41, 5.74) is 2.51. The first-order valence-corrected chi connectivity index (χ1v) is 6.26. The molecule has 5 nitrogen and oxygen atoms in total. The summed E-state index contributed by atoms with van der Waals surface area (Å²) in [6.45, 7) is 4.63. The highest BCUT2D eigenvalue weighted by atomic mass is 15.3. The molecule has 1 fully saturated rings. The molecule has 1 aromatic rings. The van der Waals surface area contributed by atoms with E-state index in [9.17, 15) is 0 Å². The van der Waals surface area contributed by atoms with Gasteiger partial charge in [-0.15, -0.1) is 0 Å². The molecule has 1 aromatic heterocycles. The molecule has 1 aliphatic carbocycles. The third kappa shape index (κ3) is 2.85. The van der Waals surface area contributed by atoms with E-state index in [1.165, 1.54) is 19.3 Å². The zero-order chi connectivity index (χ0) is 12.3. The minimum atomic E-state index is 0.487. The van der Waals surface area contributed by atoms with E-state index in [0.717, 1.165) is 11.7 Å². The first-order valence-electron chi connectivity index (χ1n) is 6.26. The molecular weight excluding hydrogens is 214 g/mol. The second kappa shape index (κ2) is 5.31. The lowest BCUT2D eigenvalue weighted by Crippen LogP contribution is -2.35. The van der Waals surface area contributed by atoms with Gasteiger partial charge in [-0.25, -0.2) is 10.8 Å². The average molecular weight is 235 g/mol. The first-order chi connectivity index (χ1) is 8.20. The average Bonchev–Trinajstić information content (AvgIpc) is 2.35. The Morgan fingerprint density at radius 3 is 2.76 bits per heavy atom. The van der Waals surface area contributed by atoms with Gasteiger partial charge in [-0.3, -0.25) is 4.98 Å². The Kier molecular flexibility index (Phi) is 3.78. The van der Waals surface area contributed by atoms with Crippen LogP contribution in [0.5, 0.6) is 0 Å². The minimum Gasteiger partial charge on any atom is -0.366 e. The fourth-order valence-corrected chi connectivity index (χ4v) is 2.48. The summed E-state index contributed by atoms with van der Waals surface area (Å²) in [6.07, 6.45) is 7.17. The highest BCUT2D eigenvalue weighted by Crippen LogP contribution is 2.31. The third-order valence-corrected chi connectivity index (χ3v) is 3.82. The van der Waals surface area contributed by atoms with Crippen molar-refractivity contribution in [1.29, 1.82) is 0 Å². The number of hydrazine groups is 1. The lowest BCUT2D eigenvalue weighted by atomic mass is 9.78. The molecule has 1 saturated carbocycles. The van der Waals surface area contributed by atoms with Crippen LogP contribution in [-0.4, -0.2) is 16.0 Å². The number of hydrogen-bond donors (Lipinski definition) is 3. The highest BCUT2D eigenvalue weighted by Gasteiger charge is 2.27. The maximum absolute atomic E-state index is 5.32. The third-order valence-electron chi connectivity index (χ3n) is 3.82. The Morgan fingerprint density at radius 2 is 2.00 bits per heavy atom. The van der Waals surface area contributed by atoms with E-state index in [2.05, 4.69) is 34.6 Å². The molecule has 3 atom stereocenters. The lowest BCUT2D eigenvalue weighted by Gasteiger charge is -2.34. The normalized spacial score (nSPS) is 28.8. The number of rotatable bonds is 3. The van der Waals surface area contributed by atoms with Gasteiger partial charge in [0.15, 0.2) is 5.82 Å². The fourth-order valence-electron chi connectivity index (χ4n) is 2.48. The molecule has 0 aromatic carbocycles. The molecule has 0 saturated heterocycles. The molecule has 0 amide bonds. The van der Waals surface area contributed by atoms with Crippen LogP contribution < -0.4 is 16.6 Å². The fraction of sp³-hybridized carbons (Fsp3) is 0.667. The molecule has 2 rings (SSSR count). The van der Waals surface area contributed by atoms with E-state index in [4.69, 9.17) is 5.84 Å². The molecule has 0 spiro atoms. The lowest BCUT2D eigenvalue weighted by molar-refractivity contribution is 0.253. The van der Waals surface area contributed by atoms with Crippen molar-refractivity contribution in [2.45, 2.75) is 39.2 Å². The van der Waals surface area contributed by atoms with E-state index in [0.29, 0.717) is 17.8 Å². The van der Waals surface area contributed by atoms with Crippen LogP contribution in [0.4, 0.5) is 11.6 Å². The van der Waals surface area contributed by atoms with E-state index in [-0.39, 0.29) is 0 Å². The van der Waals surface area contributed by atoms with E-state index in [1.807, 2.05) is 0 Å². The van der Waals surface area contributed by atoms with Gasteiger partial charge in [0.25, 0.3) is 0 Å². The maximum Gasteiger partial charge on any atom is 0.160 e. The summed E-state index contributed by atoms with van der Waals surface area (Å²) >= 11 is 0. The molecule has 0 aliphatic heterocycles. The molecule has 4 N–H and O–H groups in total. The van der Waals surface area contributed by atoms with E-state index < -0.39 is 0 Å². The van der Waals surface area contributed by atoms with E-state index >= 15 is 0 Å². The quantitative estimate of drug-likeness (QED) is 0.552. The Bertz CT molecular complexity index is 368. The summed E-state index contributed by atoms with van der Waals surface area (Å²) in [5, 5.41) is 3.47. The predicted molar refractivity (Wildman–Crippen MR) is 69.4 cm³/mol. The Hall–Kier alpha value is -1.36. The molecule has 0 radical (unpaired) electrons. The van der Waals surface area contributed by atoms with Gasteiger partial charge < -0.3 is 10.7 Å². The van der Waals surface area contributed by atoms with Crippen molar-refractivity contribution >= 4 is 11.6 Å². The van der Waals surface area contributed by atoms with Gasteiger partial charge >= 0.3 is 0 Å². The van der Waals surface area contributed by atoms with Crippen LogP contribution in [0.25, 0.3) is 0 Å². The van der Waals surface area contributed by atoms with Crippen LogP contribution in [0.3, 0.4) is 0 Å². The smallest absolute Gasteiger partial charge is 0.160 e. The SMILES string of the molecule is CC1CCCC(Nc2cncc(NN)n2)C1C. The first kappa shape index (κ1) is 12.1. The second-order valence-corrected chi connectivity index (χ2v) is 4.95. The minimum absolute atomic E-state index is 0.487. The van der Waals surface area contributed by atoms with Gasteiger partial charge in [-0.1, -0.05) is 26.7 Å². The predicted octanol–water partition coefficient (Wildman–Crippen LogP) is 2.00. The summed E-state index contributed by atoms with van der Waals surface area (Å²) in [4.78, 5) is 8.43. The van der Waals surface area contributed by atoms with Crippen LogP contribution in [0.2, 0.25) is 0 Å². The summed E-state index contributed by atoms with van der Waals surface area (Å²) in [6, 6.07) is 0.487. The monoisotopic (exact) mass is 235 g/mol. The van der Waals surface area contributed by atoms with Crippen LogP contribution in [0.15, 0.2) is 12.4 Å². The molecule has 1 heterocycles. The molecule has 94 valence electrons. The second-order valence-electron chi connectivity index (χ2n) is 4.95. The van der Waals surface area contributed by atoms with Crippen LogP contribution >= 0.6 is 0 Å². The molecular formula is C12H21N5. The number of hydrogen-bond acceptors (Lipinski definition) is 5. The van der Waals surface area contributed by atoms with Gasteiger partial charge in [0.1, 0.15) is 5.82 Å². The van der Waals surface area contributed by atoms with Crippen molar-refractivity contribution in [2.24, 2.45) is 17.7 Å². The standard InChI is InChI=1S/C12H21N5/c1-8-4-3-5-10(9(8)2)15-11-6-14-7-12(16-11)17-13/h6-10H,3-5,13H2,1-2H3,(H2,15,16,17). The van der Waals surface area contributed by atoms with Crippen molar-refractivity contribution in [3.63, 3.8) is 0 Å². The topological polar surface area (TPSA) is 75.9 Å². The number of aromatic nitrogens is 2. The number of nitrogen functional groups attached to an aromatic ring is 1. The summed E-state index contributed by atoms with van der Waals surface area (Å²) in [5.74, 6) is 8.14. The number of nitrogens with two attached hydrogens (primary N) is 1. The van der Waals surface area contributed by atoms with Gasteiger partial charge in [-0.05, 0) is 18.3 Å². The Morgan fingerprint density at radius 1 is 1.24 bits per heavy atom. The number of nitrogens with zero attached hydrogens (tertiary/aromatic N) is 2. The van der Waals surface area contributed by atoms with Crippen molar-refractivity contribution in [3.8, 4) is 0 Å². The summed E-state index contributed by atoms with van der Waals surface area (Å²) in [7, 11) is 0. The maximum atomic E-state index is 5.32. The van der Waals surface area contributed by atoms with E-state index in [1.54, 1.807) is 12.4 Å². The van der Waals surface area contributed by atoms with Gasteiger partial charge in [0.05, 0.1) is 12.4 Å². The van der Waals surface area contributed by atoms with Crippen molar-refractivity contribution < 1.29 is 0 Å². The number of nitrogens with one attached hydrogen (secondary N) is 2. The molecule has 17 heavy (non-hydrogen) atoms. The van der Waals surface area contributed by atoms with Crippen LogP contribution in [0, 0.1) is 11.8 Å². The Balaban J connectivity index is 2.04. The van der Waals surface area contributed by atoms with Crippen molar-refractivity contribution in [2.75, 3.05) is 10.7 Å². The molecule has 3 unspecified atom stereocenters. The molecule has 1 aliphatic rings. The Labute approximate surface area is 102 Å². The summed E-state index contributed by atoms with van der Waals surface area (Å²) < 4.78 is 0. The highest BCUT2D eigenvalue weighted by molar-refractivity contribution is 5.41. The van der Waals surface area contributed by atoms with Gasteiger partial charge in [-0.2, -0.15) is 0 Å². The van der Waals surface area contributed by atoms with Gasteiger partial charge in [0.2, 0.25) is 0 Å². The number of anilines is 2. The zero-order valence-corrected chi connectivity index (χ0v) is 10.5. The van der Waals surface area contributed by atoms with Gasteiger partial charge in [0, 0.05) is 6.04 Å². The van der Waals surface area contributed by atoms with Crippen LogP contribution in [-0.2, 0) is 0 Å². The molecule has 0 bridgehead atoms. The van der Waals surface area contributed by atoms with Crippen molar-refractivity contribution in [1.82, 2.24) is 9.97 Å².